The molecular weight excluding hydrogens is 448 g/mol. The van der Waals surface area contributed by atoms with Gasteiger partial charge in [-0.05, 0) is 61.5 Å². The van der Waals surface area contributed by atoms with E-state index in [2.05, 4.69) is 5.32 Å². The zero-order chi connectivity index (χ0) is 23.5. The van der Waals surface area contributed by atoms with E-state index in [4.69, 9.17) is 0 Å². The third-order valence-corrected chi connectivity index (χ3v) is 6.27. The molecule has 10 heteroatoms. The first kappa shape index (κ1) is 23.3. The van der Waals surface area contributed by atoms with E-state index in [1.54, 1.807) is 6.92 Å². The maximum atomic E-state index is 13.3. The zero-order valence-electron chi connectivity index (χ0n) is 16.7. The first-order chi connectivity index (χ1) is 15.0. The molecule has 5 nitrogen and oxygen atoms in total. The molecule has 1 N–H and O–H groups in total. The number of carbonyl (C=O) groups excluding carboxylic acids is 1. The number of nitrogens with one attached hydrogen (secondary N) is 1. The van der Waals surface area contributed by atoms with E-state index >= 15 is 0 Å². The van der Waals surface area contributed by atoms with Crippen molar-refractivity contribution in [3.63, 3.8) is 0 Å². The normalized spacial score (nSPS) is 11.8. The van der Waals surface area contributed by atoms with Crippen molar-refractivity contribution >= 4 is 27.3 Å². The fourth-order valence-corrected chi connectivity index (χ4v) is 4.27. The number of hydrogen-bond donors (Lipinski definition) is 1. The summed E-state index contributed by atoms with van der Waals surface area (Å²) in [7, 11) is -4.38. The van der Waals surface area contributed by atoms with Gasteiger partial charge < -0.3 is 5.32 Å². The largest absolute Gasteiger partial charge is 0.416 e. The van der Waals surface area contributed by atoms with E-state index in [0.717, 1.165) is 29.8 Å². The molecule has 0 aliphatic carbocycles. The average molecular weight is 466 g/mol. The molecule has 0 aliphatic heterocycles. The summed E-state index contributed by atoms with van der Waals surface area (Å²) in [5.41, 5.74) is -0.399. The van der Waals surface area contributed by atoms with Crippen LogP contribution in [0.15, 0.2) is 77.7 Å². The Kier molecular flexibility index (Phi) is 6.54. The highest BCUT2D eigenvalue weighted by molar-refractivity contribution is 7.92. The number of amides is 1. The van der Waals surface area contributed by atoms with Crippen LogP contribution in [0.1, 0.15) is 11.1 Å². The SMILES string of the molecule is Cc1ccc(S(=O)(=O)N(CC(=O)Nc2ccc(F)cc2)c2cccc(C(F)(F)F)c2)cc1. The van der Waals surface area contributed by atoms with E-state index < -0.39 is 40.0 Å². The molecule has 0 unspecified atom stereocenters. The van der Waals surface area contributed by atoms with Crippen LogP contribution in [0.25, 0.3) is 0 Å². The highest BCUT2D eigenvalue weighted by Crippen LogP contribution is 2.33. The van der Waals surface area contributed by atoms with Crippen molar-refractivity contribution in [3.05, 3.63) is 89.7 Å². The number of carbonyl (C=O) groups is 1. The highest BCUT2D eigenvalue weighted by atomic mass is 32.2. The van der Waals surface area contributed by atoms with Gasteiger partial charge in [0.2, 0.25) is 5.91 Å². The second kappa shape index (κ2) is 8.99. The second-order valence-electron chi connectivity index (χ2n) is 6.93. The van der Waals surface area contributed by atoms with Crippen LogP contribution in [-0.4, -0.2) is 20.9 Å². The molecule has 3 aromatic rings. The number of anilines is 2. The topological polar surface area (TPSA) is 66.5 Å². The van der Waals surface area contributed by atoms with Crippen LogP contribution < -0.4 is 9.62 Å². The summed E-state index contributed by atoms with van der Waals surface area (Å²) in [5.74, 6) is -1.35. The van der Waals surface area contributed by atoms with E-state index in [0.29, 0.717) is 10.4 Å². The summed E-state index contributed by atoms with van der Waals surface area (Å²) in [4.78, 5) is 12.4. The summed E-state index contributed by atoms with van der Waals surface area (Å²) >= 11 is 0. The number of alkyl halides is 3. The van der Waals surface area contributed by atoms with Gasteiger partial charge in [0, 0.05) is 5.69 Å². The van der Waals surface area contributed by atoms with Gasteiger partial charge in [-0.15, -0.1) is 0 Å². The number of rotatable bonds is 6. The van der Waals surface area contributed by atoms with E-state index in [-0.39, 0.29) is 16.3 Å². The minimum absolute atomic E-state index is 0.185. The molecule has 168 valence electrons. The standard InChI is InChI=1S/C22H18F4N2O3S/c1-15-5-11-20(12-6-15)32(30,31)28(19-4-2-3-16(13-19)22(24,25)26)14-21(29)27-18-9-7-17(23)8-10-18/h2-13H,14H2,1H3,(H,27,29). The lowest BCUT2D eigenvalue weighted by Gasteiger charge is -2.25. The summed E-state index contributed by atoms with van der Waals surface area (Å²) in [6.07, 6.45) is -4.70. The van der Waals surface area contributed by atoms with Crippen molar-refractivity contribution in [1.29, 1.82) is 0 Å². The van der Waals surface area contributed by atoms with Gasteiger partial charge in [0.05, 0.1) is 16.1 Å². The first-order valence-electron chi connectivity index (χ1n) is 9.29. The predicted molar refractivity (Wildman–Crippen MR) is 112 cm³/mol. The Morgan fingerprint density at radius 2 is 1.59 bits per heavy atom. The maximum absolute atomic E-state index is 13.3. The third kappa shape index (κ3) is 5.44. The smallest absolute Gasteiger partial charge is 0.325 e. The van der Waals surface area contributed by atoms with Crippen LogP contribution in [-0.2, 0) is 21.0 Å². The lowest BCUT2D eigenvalue weighted by atomic mass is 10.2. The van der Waals surface area contributed by atoms with E-state index in [1.165, 1.54) is 42.5 Å². The van der Waals surface area contributed by atoms with Gasteiger partial charge in [0.15, 0.2) is 0 Å². The Hall–Kier alpha value is -3.40. The minimum atomic E-state index is -4.70. The zero-order valence-corrected chi connectivity index (χ0v) is 17.5. The molecule has 32 heavy (non-hydrogen) atoms. The molecule has 0 aromatic heterocycles. The summed E-state index contributed by atoms with van der Waals surface area (Å²) < 4.78 is 79.8. The molecule has 0 bridgehead atoms. The fourth-order valence-electron chi connectivity index (χ4n) is 2.85. The average Bonchev–Trinajstić information content (AvgIpc) is 2.73. The summed E-state index contributed by atoms with van der Waals surface area (Å²) in [6, 6.07) is 14.1. The van der Waals surface area contributed by atoms with Gasteiger partial charge >= 0.3 is 6.18 Å². The molecule has 0 spiro atoms. The van der Waals surface area contributed by atoms with Gasteiger partial charge in [-0.3, -0.25) is 9.10 Å². The molecule has 0 heterocycles. The van der Waals surface area contributed by atoms with Crippen LogP contribution in [0.2, 0.25) is 0 Å². The first-order valence-corrected chi connectivity index (χ1v) is 10.7. The van der Waals surface area contributed by atoms with Crippen molar-refractivity contribution in [3.8, 4) is 0 Å². The lowest BCUT2D eigenvalue weighted by Crippen LogP contribution is -2.38. The lowest BCUT2D eigenvalue weighted by molar-refractivity contribution is -0.137. The quantitative estimate of drug-likeness (QED) is 0.521. The van der Waals surface area contributed by atoms with E-state index in [9.17, 15) is 30.8 Å². The molecule has 3 rings (SSSR count). The molecule has 1 amide bonds. The molecule has 3 aromatic carbocycles. The van der Waals surface area contributed by atoms with Crippen LogP contribution in [0.3, 0.4) is 0 Å². The van der Waals surface area contributed by atoms with Crippen molar-refractivity contribution in [2.75, 3.05) is 16.2 Å². The molecule has 0 fully saturated rings. The van der Waals surface area contributed by atoms with Gasteiger partial charge in [-0.1, -0.05) is 23.8 Å². The molecular formula is C22H18F4N2O3S. The summed E-state index contributed by atoms with van der Waals surface area (Å²) in [6.45, 7) is 0.950. The van der Waals surface area contributed by atoms with Gasteiger partial charge in [0.25, 0.3) is 10.0 Å². The van der Waals surface area contributed by atoms with Crippen molar-refractivity contribution < 1.29 is 30.8 Å². The van der Waals surface area contributed by atoms with Gasteiger partial charge in [-0.25, -0.2) is 12.8 Å². The van der Waals surface area contributed by atoms with Crippen LogP contribution in [0, 0.1) is 12.7 Å². The minimum Gasteiger partial charge on any atom is -0.325 e. The number of hydrogen-bond acceptors (Lipinski definition) is 3. The van der Waals surface area contributed by atoms with Crippen LogP contribution in [0.4, 0.5) is 28.9 Å². The number of sulfonamides is 1. The highest BCUT2D eigenvalue weighted by Gasteiger charge is 2.33. The summed E-state index contributed by atoms with van der Waals surface area (Å²) in [5, 5.41) is 2.41. The molecule has 0 saturated carbocycles. The number of aryl methyl sites for hydroxylation is 1. The Morgan fingerprint density at radius 3 is 2.19 bits per heavy atom. The molecule has 0 radical (unpaired) electrons. The van der Waals surface area contributed by atoms with Crippen LogP contribution in [0.5, 0.6) is 0 Å². The van der Waals surface area contributed by atoms with E-state index in [1.807, 2.05) is 0 Å². The fraction of sp³-hybridized carbons (Fsp3) is 0.136. The monoisotopic (exact) mass is 466 g/mol. The number of nitrogens with zero attached hydrogens (tertiary/aromatic N) is 1. The van der Waals surface area contributed by atoms with Crippen LogP contribution >= 0.6 is 0 Å². The second-order valence-corrected chi connectivity index (χ2v) is 8.79. The van der Waals surface area contributed by atoms with Crippen molar-refractivity contribution in [2.24, 2.45) is 0 Å². The Bertz CT molecular complexity index is 1210. The van der Waals surface area contributed by atoms with Gasteiger partial charge in [0.1, 0.15) is 12.4 Å². The van der Waals surface area contributed by atoms with Crippen molar-refractivity contribution in [2.45, 2.75) is 18.0 Å². The van der Waals surface area contributed by atoms with Gasteiger partial charge in [-0.2, -0.15) is 13.2 Å². The maximum Gasteiger partial charge on any atom is 0.416 e. The Labute approximate surface area is 182 Å². The van der Waals surface area contributed by atoms with Crippen molar-refractivity contribution in [1.82, 2.24) is 0 Å². The number of halogens is 4. The Morgan fingerprint density at radius 1 is 0.969 bits per heavy atom. The third-order valence-electron chi connectivity index (χ3n) is 4.49. The molecule has 0 aliphatic rings. The molecule has 0 saturated heterocycles. The number of benzene rings is 3. The predicted octanol–water partition coefficient (Wildman–Crippen LogP) is 4.99. The molecule has 0 atom stereocenters. The Balaban J connectivity index is 2.00.